The van der Waals surface area contributed by atoms with E-state index in [1.807, 2.05) is 12.1 Å². The summed E-state index contributed by atoms with van der Waals surface area (Å²) in [4.78, 5) is 22.8. The van der Waals surface area contributed by atoms with Gasteiger partial charge in [-0.3, -0.25) is 9.59 Å². The van der Waals surface area contributed by atoms with Gasteiger partial charge in [0, 0.05) is 13.1 Å². The molecule has 1 aliphatic rings. The highest BCUT2D eigenvalue weighted by molar-refractivity contribution is 5.81. The second kappa shape index (κ2) is 7.19. The molecule has 0 aliphatic carbocycles. The lowest BCUT2D eigenvalue weighted by atomic mass is 10.0. The number of rotatable bonds is 6. The molecule has 0 radical (unpaired) electrons. The van der Waals surface area contributed by atoms with Gasteiger partial charge in [-0.05, 0) is 24.0 Å². The molecule has 1 heterocycles. The van der Waals surface area contributed by atoms with Crippen molar-refractivity contribution in [3.8, 4) is 0 Å². The average molecular weight is 292 g/mol. The molecule has 2 atom stereocenters. The van der Waals surface area contributed by atoms with Crippen LogP contribution in [0.3, 0.4) is 0 Å². The number of hydrogen-bond donors (Lipinski definition) is 3. The lowest BCUT2D eigenvalue weighted by molar-refractivity contribution is -0.136. The number of ether oxygens (including phenoxy) is 1. The van der Waals surface area contributed by atoms with Gasteiger partial charge in [0.05, 0.1) is 12.5 Å². The Bertz CT molecular complexity index is 518. The number of carbonyl (C=O) groups excluding carboxylic acids is 1. The number of carboxylic acid groups (broad SMARTS) is 1. The summed E-state index contributed by atoms with van der Waals surface area (Å²) < 4.78 is 5.52. The van der Waals surface area contributed by atoms with Gasteiger partial charge in [-0.1, -0.05) is 24.3 Å². The molecule has 1 aromatic carbocycles. The van der Waals surface area contributed by atoms with Crippen molar-refractivity contribution in [2.45, 2.75) is 38.0 Å². The molecule has 114 valence electrons. The third-order valence-electron chi connectivity index (χ3n) is 3.58. The zero-order valence-corrected chi connectivity index (χ0v) is 11.7. The molecule has 6 nitrogen and oxygen atoms in total. The van der Waals surface area contributed by atoms with Crippen molar-refractivity contribution in [2.24, 2.45) is 5.73 Å². The van der Waals surface area contributed by atoms with Gasteiger partial charge in [-0.15, -0.1) is 0 Å². The minimum absolute atomic E-state index is 0.0416. The zero-order valence-electron chi connectivity index (χ0n) is 11.7. The summed E-state index contributed by atoms with van der Waals surface area (Å²) in [5.41, 5.74) is 7.03. The van der Waals surface area contributed by atoms with E-state index in [0.29, 0.717) is 25.1 Å². The van der Waals surface area contributed by atoms with E-state index < -0.39 is 12.1 Å². The van der Waals surface area contributed by atoms with Gasteiger partial charge in [0.15, 0.2) is 0 Å². The predicted octanol–water partition coefficient (Wildman–Crippen LogP) is 0.436. The maximum absolute atomic E-state index is 12.0. The molecule has 0 saturated carbocycles. The molecule has 2 unspecified atom stereocenters. The molecule has 1 fully saturated rings. The quantitative estimate of drug-likeness (QED) is 0.706. The number of carbonyl (C=O) groups is 2. The van der Waals surface area contributed by atoms with Crippen LogP contribution < -0.4 is 11.1 Å². The lowest BCUT2D eigenvalue weighted by Gasteiger charge is -2.14. The highest BCUT2D eigenvalue weighted by Crippen LogP contribution is 2.19. The molecule has 1 aliphatic heterocycles. The third-order valence-corrected chi connectivity index (χ3v) is 3.58. The first-order valence-corrected chi connectivity index (χ1v) is 7.02. The lowest BCUT2D eigenvalue weighted by Crippen LogP contribution is -2.35. The van der Waals surface area contributed by atoms with Gasteiger partial charge in [0.25, 0.3) is 0 Å². The molecular weight excluding hydrogens is 272 g/mol. The van der Waals surface area contributed by atoms with Gasteiger partial charge >= 0.3 is 5.97 Å². The van der Waals surface area contributed by atoms with Gasteiger partial charge in [0.2, 0.25) is 5.91 Å². The first-order chi connectivity index (χ1) is 10.1. The maximum atomic E-state index is 12.0. The number of benzene rings is 1. The van der Waals surface area contributed by atoms with Gasteiger partial charge in [-0.25, -0.2) is 0 Å². The van der Waals surface area contributed by atoms with Crippen molar-refractivity contribution >= 4 is 11.9 Å². The van der Waals surface area contributed by atoms with Crippen molar-refractivity contribution in [1.29, 1.82) is 0 Å². The van der Waals surface area contributed by atoms with Crippen LogP contribution in [0, 0.1) is 0 Å². The van der Waals surface area contributed by atoms with Crippen LogP contribution in [0.1, 0.15) is 24.0 Å². The van der Waals surface area contributed by atoms with Crippen molar-refractivity contribution in [3.05, 3.63) is 35.4 Å². The molecule has 0 aromatic heterocycles. The van der Waals surface area contributed by atoms with Crippen LogP contribution in [-0.4, -0.2) is 35.7 Å². The minimum atomic E-state index is -0.890. The van der Waals surface area contributed by atoms with E-state index in [2.05, 4.69) is 5.32 Å². The Kier molecular flexibility index (Phi) is 5.30. The van der Waals surface area contributed by atoms with Crippen LogP contribution in [-0.2, 0) is 27.3 Å². The van der Waals surface area contributed by atoms with E-state index in [1.54, 1.807) is 12.1 Å². The second-order valence-electron chi connectivity index (χ2n) is 5.12. The fourth-order valence-corrected chi connectivity index (χ4v) is 2.43. The summed E-state index contributed by atoms with van der Waals surface area (Å²) in [5.74, 6) is -1.06. The third kappa shape index (κ3) is 4.27. The molecule has 1 saturated heterocycles. The van der Waals surface area contributed by atoms with E-state index >= 15 is 0 Å². The largest absolute Gasteiger partial charge is 0.481 e. The van der Waals surface area contributed by atoms with Crippen LogP contribution >= 0.6 is 0 Å². The van der Waals surface area contributed by atoms with Crippen LogP contribution in [0.15, 0.2) is 24.3 Å². The normalized spacial score (nSPS) is 21.2. The highest BCUT2D eigenvalue weighted by atomic mass is 16.5. The van der Waals surface area contributed by atoms with Crippen molar-refractivity contribution < 1.29 is 19.4 Å². The smallest absolute Gasteiger partial charge is 0.307 e. The summed E-state index contributed by atoms with van der Waals surface area (Å²) in [6, 6.07) is 7.18. The first kappa shape index (κ1) is 15.5. The molecule has 6 heteroatoms. The number of amides is 1. The first-order valence-electron chi connectivity index (χ1n) is 7.02. The Labute approximate surface area is 123 Å². The average Bonchev–Trinajstić information content (AvgIpc) is 2.94. The molecule has 21 heavy (non-hydrogen) atoms. The maximum Gasteiger partial charge on any atom is 0.307 e. The van der Waals surface area contributed by atoms with E-state index in [9.17, 15) is 9.59 Å². The topological polar surface area (TPSA) is 102 Å². The molecular formula is C15H20N2O4. The van der Waals surface area contributed by atoms with Crippen LogP contribution in [0.5, 0.6) is 0 Å². The molecule has 4 N–H and O–H groups in total. The van der Waals surface area contributed by atoms with Crippen molar-refractivity contribution in [2.75, 3.05) is 6.54 Å². The number of nitrogens with two attached hydrogens (primary N) is 1. The molecule has 0 spiro atoms. The van der Waals surface area contributed by atoms with Gasteiger partial charge in [0.1, 0.15) is 6.10 Å². The summed E-state index contributed by atoms with van der Waals surface area (Å²) >= 11 is 0. The monoisotopic (exact) mass is 292 g/mol. The number of aliphatic carboxylic acids is 1. The molecule has 2 rings (SSSR count). The summed E-state index contributed by atoms with van der Waals surface area (Å²) in [6.07, 6.45) is 0.917. The Hall–Kier alpha value is -1.92. The number of carboxylic acids is 1. The highest BCUT2D eigenvalue weighted by Gasteiger charge is 2.29. The SMILES string of the molecule is NCC1CCC(C(=O)NCc2ccccc2CC(=O)O)O1. The number of hydrogen-bond acceptors (Lipinski definition) is 4. The van der Waals surface area contributed by atoms with E-state index in [-0.39, 0.29) is 18.4 Å². The minimum Gasteiger partial charge on any atom is -0.481 e. The summed E-state index contributed by atoms with van der Waals surface area (Å²) in [6.45, 7) is 0.723. The van der Waals surface area contributed by atoms with Crippen LogP contribution in [0.2, 0.25) is 0 Å². The van der Waals surface area contributed by atoms with E-state index in [1.165, 1.54) is 0 Å². The molecule has 1 amide bonds. The van der Waals surface area contributed by atoms with Crippen molar-refractivity contribution in [3.63, 3.8) is 0 Å². The van der Waals surface area contributed by atoms with Crippen molar-refractivity contribution in [1.82, 2.24) is 5.32 Å². The Morgan fingerprint density at radius 3 is 2.62 bits per heavy atom. The van der Waals surface area contributed by atoms with Gasteiger partial charge < -0.3 is 20.9 Å². The standard InChI is InChI=1S/C15H20N2O4/c16-8-12-5-6-13(21-12)15(20)17-9-11-4-2-1-3-10(11)7-14(18)19/h1-4,12-13H,5-9,16H2,(H,17,20)(H,18,19). The van der Waals surface area contributed by atoms with Crippen LogP contribution in [0.4, 0.5) is 0 Å². The summed E-state index contributed by atoms with van der Waals surface area (Å²) in [7, 11) is 0. The number of nitrogens with one attached hydrogen (secondary N) is 1. The molecule has 1 aromatic rings. The molecule has 0 bridgehead atoms. The summed E-state index contributed by atoms with van der Waals surface area (Å²) in [5, 5.41) is 11.7. The fraction of sp³-hybridized carbons (Fsp3) is 0.467. The van der Waals surface area contributed by atoms with E-state index in [4.69, 9.17) is 15.6 Å². The Balaban J connectivity index is 1.91. The fourth-order valence-electron chi connectivity index (χ4n) is 2.43. The Morgan fingerprint density at radius 1 is 1.29 bits per heavy atom. The predicted molar refractivity (Wildman–Crippen MR) is 76.6 cm³/mol. The van der Waals surface area contributed by atoms with Crippen LogP contribution in [0.25, 0.3) is 0 Å². The second-order valence-corrected chi connectivity index (χ2v) is 5.12. The Morgan fingerprint density at radius 2 is 2.00 bits per heavy atom. The van der Waals surface area contributed by atoms with E-state index in [0.717, 1.165) is 12.0 Å². The zero-order chi connectivity index (χ0) is 15.2. The van der Waals surface area contributed by atoms with Gasteiger partial charge in [-0.2, -0.15) is 0 Å².